The second kappa shape index (κ2) is 6.00. The molecule has 2 N–H and O–H groups in total. The summed E-state index contributed by atoms with van der Waals surface area (Å²) in [5.41, 5.74) is 1.28. The first-order valence-electron chi connectivity index (χ1n) is 7.23. The van der Waals surface area contributed by atoms with Gasteiger partial charge in [-0.3, -0.25) is 9.59 Å². The number of benzene rings is 2. The van der Waals surface area contributed by atoms with Crippen molar-refractivity contribution >= 4 is 5.78 Å². The molecule has 0 unspecified atom stereocenters. The molecule has 0 saturated heterocycles. The van der Waals surface area contributed by atoms with Crippen LogP contribution in [0.2, 0.25) is 0 Å². The first-order valence-corrected chi connectivity index (χ1v) is 7.23. The predicted octanol–water partition coefficient (Wildman–Crippen LogP) is 1.98. The molecule has 0 aliphatic rings. The lowest BCUT2D eigenvalue weighted by Crippen LogP contribution is -2.34. The van der Waals surface area contributed by atoms with Gasteiger partial charge in [0.25, 0.3) is 5.56 Å². The summed E-state index contributed by atoms with van der Waals surface area (Å²) in [7, 11) is 0. The second-order valence-electron chi connectivity index (χ2n) is 5.41. The second-order valence-corrected chi connectivity index (χ2v) is 5.41. The standard InChI is InChI=1S/C18H14N2O4/c1-11-2-4-12(5-3-11)13-6-8-14(9-7-13)17(22)15-10-16(21)20(24)18(23)19-15/h2-10,24H,1H3,(H,19,23). The lowest BCUT2D eigenvalue weighted by atomic mass is 10.0. The number of H-pyrrole nitrogens is 1. The molecular formula is C18H14N2O4. The molecule has 3 aromatic rings. The van der Waals surface area contributed by atoms with E-state index in [1.165, 1.54) is 0 Å². The largest absolute Gasteiger partial charge is 0.421 e. The van der Waals surface area contributed by atoms with Crippen LogP contribution in [0.25, 0.3) is 11.1 Å². The monoisotopic (exact) mass is 322 g/mol. The number of nitrogens with zero attached hydrogens (tertiary/aromatic N) is 1. The van der Waals surface area contributed by atoms with E-state index < -0.39 is 17.0 Å². The van der Waals surface area contributed by atoms with Crippen molar-refractivity contribution in [2.24, 2.45) is 0 Å². The third-order valence-corrected chi connectivity index (χ3v) is 3.69. The summed E-state index contributed by atoms with van der Waals surface area (Å²) in [4.78, 5) is 37.3. The number of ketones is 1. The van der Waals surface area contributed by atoms with Crippen LogP contribution in [-0.4, -0.2) is 20.7 Å². The van der Waals surface area contributed by atoms with Gasteiger partial charge in [0, 0.05) is 11.6 Å². The smallest absolute Gasteiger partial charge is 0.362 e. The van der Waals surface area contributed by atoms with Gasteiger partial charge < -0.3 is 10.2 Å². The molecule has 0 aliphatic carbocycles. The van der Waals surface area contributed by atoms with E-state index in [1.54, 1.807) is 24.3 Å². The van der Waals surface area contributed by atoms with Crippen molar-refractivity contribution in [3.8, 4) is 11.1 Å². The molecule has 6 nitrogen and oxygen atoms in total. The number of carbonyl (C=O) groups excluding carboxylic acids is 1. The van der Waals surface area contributed by atoms with Crippen molar-refractivity contribution in [3.63, 3.8) is 0 Å². The number of hydrogen-bond donors (Lipinski definition) is 2. The Bertz CT molecular complexity index is 981. The molecule has 0 aliphatic heterocycles. The van der Waals surface area contributed by atoms with Gasteiger partial charge in [-0.1, -0.05) is 58.8 Å². The van der Waals surface area contributed by atoms with E-state index in [9.17, 15) is 14.4 Å². The van der Waals surface area contributed by atoms with Crippen molar-refractivity contribution in [1.29, 1.82) is 0 Å². The van der Waals surface area contributed by atoms with Crippen LogP contribution in [0.4, 0.5) is 0 Å². The van der Waals surface area contributed by atoms with Gasteiger partial charge in [-0.25, -0.2) is 4.79 Å². The van der Waals surface area contributed by atoms with E-state index in [0.717, 1.165) is 22.8 Å². The number of rotatable bonds is 3. The molecule has 0 atom stereocenters. The molecule has 0 saturated carbocycles. The van der Waals surface area contributed by atoms with Crippen LogP contribution in [0.1, 0.15) is 21.6 Å². The van der Waals surface area contributed by atoms with Crippen LogP contribution >= 0.6 is 0 Å². The van der Waals surface area contributed by atoms with Gasteiger partial charge in [-0.05, 0) is 18.1 Å². The Labute approximate surface area is 136 Å². The number of aromatic nitrogens is 2. The van der Waals surface area contributed by atoms with Gasteiger partial charge in [-0.2, -0.15) is 0 Å². The summed E-state index contributed by atoms with van der Waals surface area (Å²) in [6.07, 6.45) is 0. The molecule has 0 spiro atoms. The third-order valence-electron chi connectivity index (χ3n) is 3.69. The van der Waals surface area contributed by atoms with Gasteiger partial charge in [0.2, 0.25) is 5.78 Å². The third kappa shape index (κ3) is 2.89. The molecular weight excluding hydrogens is 308 g/mol. The number of nitrogens with one attached hydrogen (secondary N) is 1. The van der Waals surface area contributed by atoms with E-state index >= 15 is 0 Å². The molecule has 1 aromatic heterocycles. The Hall–Kier alpha value is -3.41. The average Bonchev–Trinajstić information content (AvgIpc) is 2.59. The Morgan fingerprint density at radius 3 is 2.04 bits per heavy atom. The molecule has 0 fully saturated rings. The lowest BCUT2D eigenvalue weighted by molar-refractivity contribution is 0.103. The van der Waals surface area contributed by atoms with E-state index in [-0.39, 0.29) is 10.4 Å². The van der Waals surface area contributed by atoms with Crippen LogP contribution in [0, 0.1) is 6.92 Å². The summed E-state index contributed by atoms with van der Waals surface area (Å²) < 4.78 is -0.0860. The fraction of sp³-hybridized carbons (Fsp3) is 0.0556. The Morgan fingerprint density at radius 1 is 0.958 bits per heavy atom. The minimum atomic E-state index is -1.05. The molecule has 0 radical (unpaired) electrons. The van der Waals surface area contributed by atoms with E-state index in [2.05, 4.69) is 4.98 Å². The lowest BCUT2D eigenvalue weighted by Gasteiger charge is -2.05. The quantitative estimate of drug-likeness (QED) is 0.570. The minimum absolute atomic E-state index is 0.0860. The molecule has 1 heterocycles. The molecule has 3 rings (SSSR count). The fourth-order valence-corrected chi connectivity index (χ4v) is 2.33. The first-order chi connectivity index (χ1) is 11.5. The summed E-state index contributed by atoms with van der Waals surface area (Å²) in [6.45, 7) is 2.01. The van der Waals surface area contributed by atoms with Crippen LogP contribution in [0.3, 0.4) is 0 Å². The molecule has 24 heavy (non-hydrogen) atoms. The highest BCUT2D eigenvalue weighted by Gasteiger charge is 2.13. The maximum absolute atomic E-state index is 12.4. The van der Waals surface area contributed by atoms with E-state index in [4.69, 9.17) is 5.21 Å². The van der Waals surface area contributed by atoms with Gasteiger partial charge in [-0.15, -0.1) is 0 Å². The van der Waals surface area contributed by atoms with Gasteiger partial charge in [0.15, 0.2) is 0 Å². The van der Waals surface area contributed by atoms with Crippen LogP contribution < -0.4 is 11.2 Å². The highest BCUT2D eigenvalue weighted by molar-refractivity contribution is 6.07. The SMILES string of the molecule is Cc1ccc(-c2ccc(C(=O)c3cc(=O)n(O)c(=O)[nH]3)cc2)cc1. The zero-order chi connectivity index (χ0) is 17.3. The highest BCUT2D eigenvalue weighted by atomic mass is 16.5. The number of hydrogen-bond acceptors (Lipinski definition) is 4. The first kappa shape index (κ1) is 15.5. The topological polar surface area (TPSA) is 92.2 Å². The summed E-state index contributed by atoms with van der Waals surface area (Å²) in [5.74, 6) is -0.500. The fourth-order valence-electron chi connectivity index (χ4n) is 2.33. The zero-order valence-corrected chi connectivity index (χ0v) is 12.8. The zero-order valence-electron chi connectivity index (χ0n) is 12.8. The van der Waals surface area contributed by atoms with Gasteiger partial charge in [0.1, 0.15) is 0 Å². The molecule has 0 amide bonds. The Kier molecular flexibility index (Phi) is 3.87. The maximum atomic E-state index is 12.4. The molecule has 2 aromatic carbocycles. The molecule has 6 heteroatoms. The van der Waals surface area contributed by atoms with Crippen molar-refractivity contribution in [3.05, 3.63) is 92.3 Å². The predicted molar refractivity (Wildman–Crippen MR) is 88.6 cm³/mol. The number of carbonyl (C=O) groups is 1. The highest BCUT2D eigenvalue weighted by Crippen LogP contribution is 2.20. The summed E-state index contributed by atoms with van der Waals surface area (Å²) in [6, 6.07) is 15.7. The van der Waals surface area contributed by atoms with Crippen molar-refractivity contribution in [1.82, 2.24) is 9.71 Å². The normalized spacial score (nSPS) is 10.5. The minimum Gasteiger partial charge on any atom is -0.421 e. The molecule has 0 bridgehead atoms. The van der Waals surface area contributed by atoms with Gasteiger partial charge >= 0.3 is 5.69 Å². The van der Waals surface area contributed by atoms with Crippen LogP contribution in [0.5, 0.6) is 0 Å². The average molecular weight is 322 g/mol. The molecule has 120 valence electrons. The number of aryl methyl sites for hydroxylation is 1. The van der Waals surface area contributed by atoms with Crippen molar-refractivity contribution < 1.29 is 10.0 Å². The number of aromatic amines is 1. The Balaban J connectivity index is 1.93. The van der Waals surface area contributed by atoms with E-state index in [0.29, 0.717) is 5.56 Å². The Morgan fingerprint density at radius 2 is 1.50 bits per heavy atom. The maximum Gasteiger partial charge on any atom is 0.362 e. The summed E-state index contributed by atoms with van der Waals surface area (Å²) in [5, 5.41) is 9.11. The summed E-state index contributed by atoms with van der Waals surface area (Å²) >= 11 is 0. The van der Waals surface area contributed by atoms with Crippen molar-refractivity contribution in [2.75, 3.05) is 0 Å². The van der Waals surface area contributed by atoms with Crippen molar-refractivity contribution in [2.45, 2.75) is 6.92 Å². The van der Waals surface area contributed by atoms with E-state index in [1.807, 2.05) is 31.2 Å². The van der Waals surface area contributed by atoms with Crippen LogP contribution in [0.15, 0.2) is 64.2 Å². The van der Waals surface area contributed by atoms with Gasteiger partial charge in [0.05, 0.1) is 5.69 Å². The van der Waals surface area contributed by atoms with Crippen LogP contribution in [-0.2, 0) is 0 Å².